The van der Waals surface area contributed by atoms with Crippen LogP contribution in [0.5, 0.6) is 0 Å². The lowest BCUT2D eigenvalue weighted by molar-refractivity contribution is 0.0812. The van der Waals surface area contributed by atoms with E-state index < -0.39 is 0 Å². The fraction of sp³-hybridized carbons (Fsp3) is 0.562. The minimum absolute atomic E-state index is 0.0263. The fourth-order valence-electron chi connectivity index (χ4n) is 2.60. The molecule has 116 valence electrons. The molecule has 0 atom stereocenters. The normalized spacial score (nSPS) is 17.8. The average Bonchev–Trinajstić information content (AvgIpc) is 2.41. The molecule has 3 nitrogen and oxygen atoms in total. The van der Waals surface area contributed by atoms with E-state index in [2.05, 4.69) is 46.9 Å². The Morgan fingerprint density at radius 2 is 1.95 bits per heavy atom. The number of carbonyl (C=O) groups is 1. The highest BCUT2D eigenvalue weighted by Gasteiger charge is 2.27. The zero-order valence-electron chi connectivity index (χ0n) is 12.7. The van der Waals surface area contributed by atoms with Crippen molar-refractivity contribution < 1.29 is 4.79 Å². The summed E-state index contributed by atoms with van der Waals surface area (Å²) in [6, 6.07) is 5.52. The van der Waals surface area contributed by atoms with Crippen molar-refractivity contribution in [2.45, 2.75) is 45.2 Å². The Hall–Kier alpha value is -0.580. The summed E-state index contributed by atoms with van der Waals surface area (Å²) in [6.45, 7) is 8.75. The molecule has 0 aromatic heterocycles. The van der Waals surface area contributed by atoms with Gasteiger partial charge < -0.3 is 5.32 Å². The smallest absolute Gasteiger partial charge is 0.251 e. The van der Waals surface area contributed by atoms with E-state index in [0.29, 0.717) is 10.6 Å². The zero-order chi connectivity index (χ0) is 15.6. The molecule has 1 saturated heterocycles. The van der Waals surface area contributed by atoms with Crippen molar-refractivity contribution in [3.63, 3.8) is 0 Å². The number of nitrogens with zero attached hydrogens (tertiary/aromatic N) is 1. The number of nitrogens with one attached hydrogen (secondary N) is 1. The number of hydrogen-bond donors (Lipinski definition) is 1. The number of likely N-dealkylation sites (tertiary alicyclic amines) is 1. The highest BCUT2D eigenvalue weighted by atomic mass is 79.9. The fourth-order valence-corrected chi connectivity index (χ4v) is 3.10. The van der Waals surface area contributed by atoms with Gasteiger partial charge in [-0.1, -0.05) is 11.6 Å². The van der Waals surface area contributed by atoms with Gasteiger partial charge in [0.15, 0.2) is 0 Å². The van der Waals surface area contributed by atoms with Gasteiger partial charge in [0, 0.05) is 34.7 Å². The van der Waals surface area contributed by atoms with Crippen LogP contribution >= 0.6 is 27.5 Å². The Balaban J connectivity index is 1.91. The molecule has 0 radical (unpaired) electrons. The molecule has 1 aromatic carbocycles. The molecule has 0 unspecified atom stereocenters. The van der Waals surface area contributed by atoms with Crippen LogP contribution in [0.4, 0.5) is 0 Å². The van der Waals surface area contributed by atoms with Crippen LogP contribution in [0.25, 0.3) is 0 Å². The molecule has 0 spiro atoms. The Labute approximate surface area is 140 Å². The summed E-state index contributed by atoms with van der Waals surface area (Å²) in [6.07, 6.45) is 2.00. The Bertz CT molecular complexity index is 519. The van der Waals surface area contributed by atoms with Crippen LogP contribution in [-0.2, 0) is 0 Å². The van der Waals surface area contributed by atoms with Crippen molar-refractivity contribution in [3.05, 3.63) is 33.3 Å². The van der Waals surface area contributed by atoms with E-state index in [1.807, 2.05) is 0 Å². The maximum absolute atomic E-state index is 12.3. The van der Waals surface area contributed by atoms with E-state index in [1.54, 1.807) is 18.2 Å². The monoisotopic (exact) mass is 372 g/mol. The highest BCUT2D eigenvalue weighted by molar-refractivity contribution is 9.10. The van der Waals surface area contributed by atoms with E-state index in [-0.39, 0.29) is 17.5 Å². The molecule has 1 heterocycles. The standard InChI is InChI=1S/C16H22BrClN2O/c1-16(2,3)20-8-6-12(7-9-20)19-15(21)11-4-5-14(18)13(17)10-11/h4-5,10,12H,6-9H2,1-3H3,(H,19,21). The Kier molecular flexibility index (Phi) is 5.33. The Morgan fingerprint density at radius 3 is 2.48 bits per heavy atom. The molecular formula is C16H22BrClN2O. The maximum Gasteiger partial charge on any atom is 0.251 e. The summed E-state index contributed by atoms with van der Waals surface area (Å²) in [5, 5.41) is 3.74. The van der Waals surface area contributed by atoms with Crippen molar-refractivity contribution >= 4 is 33.4 Å². The van der Waals surface area contributed by atoms with Crippen LogP contribution in [0.15, 0.2) is 22.7 Å². The van der Waals surface area contributed by atoms with E-state index >= 15 is 0 Å². The van der Waals surface area contributed by atoms with Crippen LogP contribution in [0, 0.1) is 0 Å². The topological polar surface area (TPSA) is 32.3 Å². The van der Waals surface area contributed by atoms with E-state index in [0.717, 1.165) is 30.4 Å². The van der Waals surface area contributed by atoms with Gasteiger partial charge in [-0.25, -0.2) is 0 Å². The van der Waals surface area contributed by atoms with E-state index in [1.165, 1.54) is 0 Å². The third-order valence-corrected chi connectivity index (χ3v) is 5.17. The van der Waals surface area contributed by atoms with Gasteiger partial charge in [0.1, 0.15) is 0 Å². The number of carbonyl (C=O) groups excluding carboxylic acids is 1. The number of piperidine rings is 1. The molecule has 1 amide bonds. The van der Waals surface area contributed by atoms with E-state index in [4.69, 9.17) is 11.6 Å². The summed E-state index contributed by atoms with van der Waals surface area (Å²) in [7, 11) is 0. The molecule has 21 heavy (non-hydrogen) atoms. The van der Waals surface area contributed by atoms with Crippen molar-refractivity contribution in [3.8, 4) is 0 Å². The summed E-state index contributed by atoms with van der Waals surface area (Å²) in [5.74, 6) is -0.0263. The van der Waals surface area contributed by atoms with Gasteiger partial charge in [-0.15, -0.1) is 0 Å². The first-order valence-corrected chi connectivity index (χ1v) is 8.45. The second-order valence-corrected chi connectivity index (χ2v) is 7.80. The van der Waals surface area contributed by atoms with Crippen LogP contribution in [0.1, 0.15) is 44.0 Å². The average molecular weight is 374 g/mol. The summed E-state index contributed by atoms with van der Waals surface area (Å²) in [4.78, 5) is 14.7. The number of halogens is 2. The molecule has 1 fully saturated rings. The van der Waals surface area contributed by atoms with Crippen LogP contribution in [0.3, 0.4) is 0 Å². The number of benzene rings is 1. The first kappa shape index (κ1) is 16.8. The highest BCUT2D eigenvalue weighted by Crippen LogP contribution is 2.24. The lowest BCUT2D eigenvalue weighted by Gasteiger charge is -2.41. The number of rotatable bonds is 2. The lowest BCUT2D eigenvalue weighted by atomic mass is 9.98. The predicted octanol–water partition coefficient (Wildman–Crippen LogP) is 4.10. The van der Waals surface area contributed by atoms with Crippen molar-refractivity contribution in [2.24, 2.45) is 0 Å². The Morgan fingerprint density at radius 1 is 1.33 bits per heavy atom. The molecule has 1 aliphatic heterocycles. The number of hydrogen-bond acceptors (Lipinski definition) is 2. The van der Waals surface area contributed by atoms with Crippen LogP contribution in [-0.4, -0.2) is 35.5 Å². The van der Waals surface area contributed by atoms with Gasteiger partial charge in [-0.05, 0) is 67.7 Å². The van der Waals surface area contributed by atoms with Crippen LogP contribution in [0.2, 0.25) is 5.02 Å². The van der Waals surface area contributed by atoms with Crippen molar-refractivity contribution in [2.75, 3.05) is 13.1 Å². The summed E-state index contributed by atoms with van der Waals surface area (Å²) >= 11 is 9.30. The molecule has 0 saturated carbocycles. The van der Waals surface area contributed by atoms with Crippen LogP contribution < -0.4 is 5.32 Å². The maximum atomic E-state index is 12.3. The van der Waals surface area contributed by atoms with E-state index in [9.17, 15) is 4.79 Å². The van der Waals surface area contributed by atoms with Crippen molar-refractivity contribution in [1.29, 1.82) is 0 Å². The predicted molar refractivity (Wildman–Crippen MR) is 91.0 cm³/mol. The van der Waals surface area contributed by atoms with Gasteiger partial charge >= 0.3 is 0 Å². The summed E-state index contributed by atoms with van der Waals surface area (Å²) in [5.41, 5.74) is 0.847. The second kappa shape index (κ2) is 6.67. The molecule has 2 rings (SSSR count). The second-order valence-electron chi connectivity index (χ2n) is 6.53. The molecule has 1 aromatic rings. The quantitative estimate of drug-likeness (QED) is 0.846. The molecule has 5 heteroatoms. The molecule has 1 aliphatic rings. The number of amides is 1. The summed E-state index contributed by atoms with van der Waals surface area (Å²) < 4.78 is 0.749. The first-order valence-electron chi connectivity index (χ1n) is 7.28. The van der Waals surface area contributed by atoms with Gasteiger partial charge in [0.25, 0.3) is 5.91 Å². The van der Waals surface area contributed by atoms with Gasteiger partial charge in [0.2, 0.25) is 0 Å². The zero-order valence-corrected chi connectivity index (χ0v) is 15.1. The minimum atomic E-state index is -0.0263. The first-order chi connectivity index (χ1) is 9.77. The molecule has 1 N–H and O–H groups in total. The van der Waals surface area contributed by atoms with Crippen molar-refractivity contribution in [1.82, 2.24) is 10.2 Å². The molecular weight excluding hydrogens is 352 g/mol. The molecule has 0 aliphatic carbocycles. The third kappa shape index (κ3) is 4.44. The largest absolute Gasteiger partial charge is 0.349 e. The lowest BCUT2D eigenvalue weighted by Crippen LogP contribution is -2.50. The molecule has 0 bridgehead atoms. The van der Waals surface area contributed by atoms with Gasteiger partial charge in [-0.2, -0.15) is 0 Å². The SMILES string of the molecule is CC(C)(C)N1CCC(NC(=O)c2ccc(Cl)c(Br)c2)CC1. The van der Waals surface area contributed by atoms with Gasteiger partial charge in [-0.3, -0.25) is 9.69 Å². The third-order valence-electron chi connectivity index (χ3n) is 3.96. The van der Waals surface area contributed by atoms with Gasteiger partial charge in [0.05, 0.1) is 5.02 Å². The minimum Gasteiger partial charge on any atom is -0.349 e.